The SMILES string of the molecule is C=CC(=O)Nc1ccc(F)c(COc2cc(-c3cnn(C)c3)cn3ncc(C#N)c23)c1Cl. The van der Waals surface area contributed by atoms with E-state index in [2.05, 4.69) is 28.2 Å². The van der Waals surface area contributed by atoms with E-state index in [4.69, 9.17) is 16.3 Å². The van der Waals surface area contributed by atoms with Crippen molar-refractivity contribution in [2.24, 2.45) is 7.05 Å². The number of nitrogens with one attached hydrogen (secondary N) is 1. The molecule has 8 nitrogen and oxygen atoms in total. The fraction of sp³-hybridized carbons (Fsp3) is 0.0909. The van der Waals surface area contributed by atoms with Crippen molar-refractivity contribution < 1.29 is 13.9 Å². The van der Waals surface area contributed by atoms with Gasteiger partial charge in [0.2, 0.25) is 5.91 Å². The van der Waals surface area contributed by atoms with E-state index in [1.54, 1.807) is 30.2 Å². The number of carbonyl (C=O) groups is 1. The Hall–Kier alpha value is -4.16. The Morgan fingerprint density at radius 3 is 2.84 bits per heavy atom. The van der Waals surface area contributed by atoms with Gasteiger partial charge < -0.3 is 10.1 Å². The minimum atomic E-state index is -0.597. The fourth-order valence-corrected chi connectivity index (χ4v) is 3.42. The smallest absolute Gasteiger partial charge is 0.247 e. The molecule has 0 aliphatic rings. The number of hydrogen-bond acceptors (Lipinski definition) is 5. The van der Waals surface area contributed by atoms with Gasteiger partial charge in [-0.25, -0.2) is 8.91 Å². The van der Waals surface area contributed by atoms with Gasteiger partial charge in [-0.15, -0.1) is 0 Å². The van der Waals surface area contributed by atoms with Crippen molar-refractivity contribution in [3.05, 3.63) is 77.6 Å². The van der Waals surface area contributed by atoms with Crippen LogP contribution in [0.3, 0.4) is 0 Å². The highest BCUT2D eigenvalue weighted by atomic mass is 35.5. The summed E-state index contributed by atoms with van der Waals surface area (Å²) in [6, 6.07) is 6.34. The molecule has 0 spiro atoms. The topological polar surface area (TPSA) is 97.2 Å². The third-order valence-corrected chi connectivity index (χ3v) is 5.17. The van der Waals surface area contributed by atoms with Crippen LogP contribution < -0.4 is 10.1 Å². The Bertz CT molecular complexity index is 1400. The van der Waals surface area contributed by atoms with E-state index in [1.807, 2.05) is 6.20 Å². The molecular formula is C22H16ClFN6O2. The van der Waals surface area contributed by atoms with E-state index in [1.165, 1.54) is 22.8 Å². The van der Waals surface area contributed by atoms with Crippen LogP contribution in [-0.4, -0.2) is 25.3 Å². The summed E-state index contributed by atoms with van der Waals surface area (Å²) in [5.74, 6) is -0.759. The second kappa shape index (κ2) is 8.53. The van der Waals surface area contributed by atoms with Gasteiger partial charge in [-0.2, -0.15) is 15.5 Å². The number of halogens is 2. The van der Waals surface area contributed by atoms with E-state index in [-0.39, 0.29) is 22.9 Å². The summed E-state index contributed by atoms with van der Waals surface area (Å²) in [4.78, 5) is 11.6. The summed E-state index contributed by atoms with van der Waals surface area (Å²) in [7, 11) is 1.80. The van der Waals surface area contributed by atoms with Crippen LogP contribution in [-0.2, 0) is 18.4 Å². The molecule has 0 atom stereocenters. The van der Waals surface area contributed by atoms with Crippen molar-refractivity contribution in [2.75, 3.05) is 5.32 Å². The predicted octanol–water partition coefficient (Wildman–Crippen LogP) is 4.10. The molecule has 0 saturated carbocycles. The number of aryl methyl sites for hydroxylation is 1. The summed E-state index contributed by atoms with van der Waals surface area (Å²) >= 11 is 6.32. The van der Waals surface area contributed by atoms with Crippen molar-refractivity contribution >= 4 is 28.7 Å². The second-order valence-corrected chi connectivity index (χ2v) is 7.21. The van der Waals surface area contributed by atoms with Gasteiger partial charge in [0.15, 0.2) is 0 Å². The molecule has 160 valence electrons. The van der Waals surface area contributed by atoms with Crippen LogP contribution in [0.4, 0.5) is 10.1 Å². The van der Waals surface area contributed by atoms with Crippen LogP contribution in [0.1, 0.15) is 11.1 Å². The molecule has 4 rings (SSSR count). The van der Waals surface area contributed by atoms with Crippen molar-refractivity contribution in [1.82, 2.24) is 19.4 Å². The Balaban J connectivity index is 1.74. The van der Waals surface area contributed by atoms with Gasteiger partial charge >= 0.3 is 0 Å². The van der Waals surface area contributed by atoms with Crippen LogP contribution in [0.25, 0.3) is 16.6 Å². The highest BCUT2D eigenvalue weighted by Crippen LogP contribution is 2.33. The van der Waals surface area contributed by atoms with Gasteiger partial charge in [0.25, 0.3) is 0 Å². The first kappa shape index (κ1) is 21.1. The number of hydrogen-bond donors (Lipinski definition) is 1. The average molecular weight is 451 g/mol. The molecule has 0 fully saturated rings. The number of rotatable bonds is 6. The third-order valence-electron chi connectivity index (χ3n) is 4.74. The molecule has 10 heteroatoms. The van der Waals surface area contributed by atoms with E-state index in [0.29, 0.717) is 16.8 Å². The molecule has 3 heterocycles. The lowest BCUT2D eigenvalue weighted by Gasteiger charge is -2.14. The molecule has 32 heavy (non-hydrogen) atoms. The molecule has 0 bridgehead atoms. The number of fused-ring (bicyclic) bond motifs is 1. The van der Waals surface area contributed by atoms with Crippen molar-refractivity contribution in [1.29, 1.82) is 5.26 Å². The van der Waals surface area contributed by atoms with Crippen molar-refractivity contribution in [3.63, 3.8) is 0 Å². The molecule has 3 aromatic heterocycles. The largest absolute Gasteiger partial charge is 0.486 e. The quantitative estimate of drug-likeness (QED) is 0.446. The maximum Gasteiger partial charge on any atom is 0.247 e. The zero-order valence-electron chi connectivity index (χ0n) is 16.8. The lowest BCUT2D eigenvalue weighted by atomic mass is 10.1. The zero-order valence-corrected chi connectivity index (χ0v) is 17.6. The Morgan fingerprint density at radius 1 is 1.34 bits per heavy atom. The Kier molecular flexibility index (Phi) is 5.62. The molecule has 1 aromatic carbocycles. The first-order valence-corrected chi connectivity index (χ1v) is 9.72. The van der Waals surface area contributed by atoms with Gasteiger partial charge in [-0.05, 0) is 24.3 Å². The summed E-state index contributed by atoms with van der Waals surface area (Å²) in [6.45, 7) is 3.14. The van der Waals surface area contributed by atoms with Crippen LogP contribution >= 0.6 is 11.6 Å². The first-order chi connectivity index (χ1) is 15.4. The minimum Gasteiger partial charge on any atom is -0.486 e. The van der Waals surface area contributed by atoms with Crippen LogP contribution in [0.15, 0.2) is 55.6 Å². The minimum absolute atomic E-state index is 0.00801. The second-order valence-electron chi connectivity index (χ2n) is 6.83. The van der Waals surface area contributed by atoms with Gasteiger partial charge in [-0.1, -0.05) is 18.2 Å². The van der Waals surface area contributed by atoms with Gasteiger partial charge in [0.05, 0.1) is 23.1 Å². The number of pyridine rings is 1. The number of benzene rings is 1. The predicted molar refractivity (Wildman–Crippen MR) is 117 cm³/mol. The molecule has 1 N–H and O–H groups in total. The first-order valence-electron chi connectivity index (χ1n) is 9.35. The maximum absolute atomic E-state index is 14.5. The van der Waals surface area contributed by atoms with E-state index >= 15 is 0 Å². The monoisotopic (exact) mass is 450 g/mol. The number of nitrogens with zero attached hydrogens (tertiary/aromatic N) is 5. The summed E-state index contributed by atoms with van der Waals surface area (Å²) in [6.07, 6.45) is 7.76. The lowest BCUT2D eigenvalue weighted by Crippen LogP contribution is -2.10. The standard InChI is InChI=1S/C22H16ClFN6O2/c1-3-20(31)28-18-5-4-17(24)16(21(18)23)12-32-19-6-13(15-9-26-29(2)10-15)11-30-22(19)14(7-25)8-27-30/h3-6,8-11H,1,12H2,2H3,(H,28,31). The van der Waals surface area contributed by atoms with Gasteiger partial charge in [0.1, 0.15) is 35.3 Å². The van der Waals surface area contributed by atoms with E-state index in [0.717, 1.165) is 17.2 Å². The Morgan fingerprint density at radius 2 is 2.16 bits per heavy atom. The average Bonchev–Trinajstić information content (AvgIpc) is 3.41. The van der Waals surface area contributed by atoms with Crippen LogP contribution in [0.2, 0.25) is 5.02 Å². The van der Waals surface area contributed by atoms with Crippen molar-refractivity contribution in [2.45, 2.75) is 6.61 Å². The summed E-state index contributed by atoms with van der Waals surface area (Å²) < 4.78 is 23.6. The Labute approximate surface area is 187 Å². The van der Waals surface area contributed by atoms with Crippen LogP contribution in [0.5, 0.6) is 5.75 Å². The highest BCUT2D eigenvalue weighted by molar-refractivity contribution is 6.34. The summed E-state index contributed by atoms with van der Waals surface area (Å²) in [5.41, 5.74) is 2.58. The molecule has 0 saturated heterocycles. The summed E-state index contributed by atoms with van der Waals surface area (Å²) in [5, 5.41) is 20.4. The third kappa shape index (κ3) is 3.91. The molecule has 0 radical (unpaired) electrons. The lowest BCUT2D eigenvalue weighted by molar-refractivity contribution is -0.111. The fourth-order valence-electron chi connectivity index (χ4n) is 3.16. The van der Waals surface area contributed by atoms with E-state index < -0.39 is 11.7 Å². The maximum atomic E-state index is 14.5. The number of nitriles is 1. The van der Waals surface area contributed by atoms with Gasteiger partial charge in [-0.3, -0.25) is 9.48 Å². The number of aromatic nitrogens is 4. The normalized spacial score (nSPS) is 10.7. The number of anilines is 1. The number of carbonyl (C=O) groups excluding carboxylic acids is 1. The molecular weight excluding hydrogens is 435 g/mol. The zero-order chi connectivity index (χ0) is 22.8. The highest BCUT2D eigenvalue weighted by Gasteiger charge is 2.17. The van der Waals surface area contributed by atoms with Crippen LogP contribution in [0, 0.1) is 17.1 Å². The van der Waals surface area contributed by atoms with Gasteiger partial charge in [0, 0.05) is 36.1 Å². The molecule has 4 aromatic rings. The number of amides is 1. The molecule has 0 aliphatic carbocycles. The van der Waals surface area contributed by atoms with Crippen molar-refractivity contribution in [3.8, 4) is 22.9 Å². The van der Waals surface area contributed by atoms with E-state index in [9.17, 15) is 14.4 Å². The molecule has 1 amide bonds. The number of ether oxygens (including phenoxy) is 1. The molecule has 0 aliphatic heterocycles. The molecule has 0 unspecified atom stereocenters.